The molecule has 0 unspecified atom stereocenters. The van der Waals surface area contributed by atoms with Gasteiger partial charge < -0.3 is 4.98 Å². The Kier molecular flexibility index (Phi) is 4.32. The van der Waals surface area contributed by atoms with Gasteiger partial charge in [-0.05, 0) is 25.3 Å². The Morgan fingerprint density at radius 3 is 2.68 bits per heavy atom. The van der Waals surface area contributed by atoms with Gasteiger partial charge in [-0.3, -0.25) is 4.79 Å². The van der Waals surface area contributed by atoms with Gasteiger partial charge in [-0.1, -0.05) is 24.9 Å². The smallest absolute Gasteiger partial charge is 0.266 e. The molecule has 1 aliphatic rings. The Balaban J connectivity index is 2.32. The number of aromatic amines is 1. The third kappa shape index (κ3) is 3.19. The topological polar surface area (TPSA) is 70.2 Å². The fraction of sp³-hybridized carbons (Fsp3) is 0.583. The lowest BCUT2D eigenvalue weighted by Crippen LogP contribution is -2.34. The monoisotopic (exact) mass is 304 g/mol. The number of sulfonamides is 1. The first-order valence-corrected chi connectivity index (χ1v) is 8.18. The molecule has 0 atom stereocenters. The van der Waals surface area contributed by atoms with E-state index in [1.165, 1.54) is 16.6 Å². The molecule has 0 spiro atoms. The zero-order valence-electron chi connectivity index (χ0n) is 10.7. The molecule has 19 heavy (non-hydrogen) atoms. The van der Waals surface area contributed by atoms with E-state index in [0.717, 1.165) is 25.7 Å². The van der Waals surface area contributed by atoms with Crippen molar-refractivity contribution < 1.29 is 8.42 Å². The van der Waals surface area contributed by atoms with Crippen molar-refractivity contribution >= 4 is 21.6 Å². The molecule has 0 bridgehead atoms. The molecule has 1 aromatic rings. The number of unbranched alkanes of at least 4 members (excludes halogenated alkanes) is 1. The molecule has 1 aromatic heterocycles. The Hall–Kier alpha value is -0.850. The molecular weight excluding hydrogens is 288 g/mol. The summed E-state index contributed by atoms with van der Waals surface area (Å²) in [7, 11) is -3.57. The molecule has 7 heteroatoms. The second-order valence-corrected chi connectivity index (χ2v) is 7.01. The quantitative estimate of drug-likeness (QED) is 0.873. The molecule has 1 heterocycles. The molecule has 1 aliphatic carbocycles. The Morgan fingerprint density at radius 2 is 2.16 bits per heavy atom. The van der Waals surface area contributed by atoms with Crippen molar-refractivity contribution in [3.63, 3.8) is 0 Å². The zero-order chi connectivity index (χ0) is 14.0. The van der Waals surface area contributed by atoms with E-state index in [2.05, 4.69) is 4.98 Å². The molecule has 0 aliphatic heterocycles. The van der Waals surface area contributed by atoms with E-state index in [1.54, 1.807) is 0 Å². The molecule has 0 amide bonds. The van der Waals surface area contributed by atoms with Gasteiger partial charge in [-0.25, -0.2) is 8.42 Å². The van der Waals surface area contributed by atoms with E-state index in [0.29, 0.717) is 6.54 Å². The van der Waals surface area contributed by atoms with Gasteiger partial charge in [-0.2, -0.15) is 4.31 Å². The maximum Gasteiger partial charge on any atom is 0.266 e. The number of hydrogen-bond donors (Lipinski definition) is 1. The number of hydrogen-bond acceptors (Lipinski definition) is 3. The summed E-state index contributed by atoms with van der Waals surface area (Å²) in [5.74, 6) is 0. The average molecular weight is 305 g/mol. The van der Waals surface area contributed by atoms with Crippen LogP contribution in [0.3, 0.4) is 0 Å². The summed E-state index contributed by atoms with van der Waals surface area (Å²) in [6.45, 7) is 2.54. The predicted molar refractivity (Wildman–Crippen MR) is 73.9 cm³/mol. The van der Waals surface area contributed by atoms with E-state index < -0.39 is 15.6 Å². The third-order valence-electron chi connectivity index (χ3n) is 3.12. The number of rotatable bonds is 6. The largest absolute Gasteiger partial charge is 0.326 e. The van der Waals surface area contributed by atoms with E-state index in [-0.39, 0.29) is 16.0 Å². The number of H-pyrrole nitrogens is 1. The van der Waals surface area contributed by atoms with Gasteiger partial charge in [0.1, 0.15) is 5.02 Å². The van der Waals surface area contributed by atoms with E-state index in [1.807, 2.05) is 6.92 Å². The second-order valence-electron chi connectivity index (χ2n) is 4.71. The lowest BCUT2D eigenvalue weighted by molar-refractivity contribution is 0.395. The number of nitrogens with one attached hydrogen (secondary N) is 1. The fourth-order valence-electron chi connectivity index (χ4n) is 1.90. The van der Waals surface area contributed by atoms with E-state index in [9.17, 15) is 13.2 Å². The zero-order valence-corrected chi connectivity index (χ0v) is 12.3. The minimum absolute atomic E-state index is 0.0557. The maximum atomic E-state index is 12.5. The van der Waals surface area contributed by atoms with E-state index in [4.69, 9.17) is 11.6 Å². The van der Waals surface area contributed by atoms with Crippen LogP contribution in [0.15, 0.2) is 22.0 Å². The van der Waals surface area contributed by atoms with Crippen molar-refractivity contribution in [3.05, 3.63) is 27.6 Å². The highest BCUT2D eigenvalue weighted by molar-refractivity contribution is 7.89. The van der Waals surface area contributed by atoms with Crippen LogP contribution < -0.4 is 5.56 Å². The van der Waals surface area contributed by atoms with Gasteiger partial charge >= 0.3 is 0 Å². The summed E-state index contributed by atoms with van der Waals surface area (Å²) < 4.78 is 26.6. The van der Waals surface area contributed by atoms with Crippen LogP contribution in [0, 0.1) is 0 Å². The van der Waals surface area contributed by atoms with Crippen molar-refractivity contribution in [3.8, 4) is 0 Å². The van der Waals surface area contributed by atoms with Crippen LogP contribution >= 0.6 is 11.6 Å². The summed E-state index contributed by atoms with van der Waals surface area (Å²) in [5, 5.41) is -0.104. The van der Waals surface area contributed by atoms with Crippen LogP contribution in [0.1, 0.15) is 32.6 Å². The minimum Gasteiger partial charge on any atom is -0.326 e. The summed E-state index contributed by atoms with van der Waals surface area (Å²) >= 11 is 5.70. The first-order chi connectivity index (χ1) is 8.96. The molecule has 2 rings (SSSR count). The summed E-state index contributed by atoms with van der Waals surface area (Å²) in [5.41, 5.74) is -0.479. The number of aromatic nitrogens is 1. The lowest BCUT2D eigenvalue weighted by Gasteiger charge is -2.21. The van der Waals surface area contributed by atoms with Crippen LogP contribution in [-0.4, -0.2) is 30.3 Å². The van der Waals surface area contributed by atoms with Gasteiger partial charge in [-0.15, -0.1) is 0 Å². The van der Waals surface area contributed by atoms with Crippen molar-refractivity contribution in [1.29, 1.82) is 0 Å². The fourth-order valence-corrected chi connectivity index (χ4v) is 3.85. The van der Waals surface area contributed by atoms with Crippen LogP contribution in [-0.2, 0) is 10.0 Å². The SMILES string of the molecule is CCCCN(C1CC1)S(=O)(=O)c1c[nH]c(=O)c(Cl)c1. The highest BCUT2D eigenvalue weighted by Crippen LogP contribution is 2.32. The Labute approximate surface area is 117 Å². The molecule has 1 saturated carbocycles. The molecule has 0 radical (unpaired) electrons. The minimum atomic E-state index is -3.57. The molecule has 1 fully saturated rings. The molecule has 0 saturated heterocycles. The van der Waals surface area contributed by atoms with Crippen LogP contribution in [0.5, 0.6) is 0 Å². The normalized spacial score (nSPS) is 15.9. The number of halogens is 1. The highest BCUT2D eigenvalue weighted by Gasteiger charge is 2.37. The Bertz CT molecular complexity index is 608. The van der Waals surface area contributed by atoms with Crippen molar-refractivity contribution in [2.45, 2.75) is 43.5 Å². The molecular formula is C12H17ClN2O3S. The predicted octanol–water partition coefficient (Wildman–Crippen LogP) is 1.98. The molecule has 106 valence electrons. The van der Waals surface area contributed by atoms with Gasteiger partial charge in [0.2, 0.25) is 10.0 Å². The van der Waals surface area contributed by atoms with E-state index >= 15 is 0 Å². The van der Waals surface area contributed by atoms with Crippen LogP contribution in [0.4, 0.5) is 0 Å². The van der Waals surface area contributed by atoms with Gasteiger partial charge in [0.05, 0.1) is 4.90 Å². The molecule has 1 N–H and O–H groups in total. The number of pyridine rings is 1. The van der Waals surface area contributed by atoms with Crippen molar-refractivity contribution in [2.24, 2.45) is 0 Å². The highest BCUT2D eigenvalue weighted by atomic mass is 35.5. The third-order valence-corrected chi connectivity index (χ3v) is 5.33. The lowest BCUT2D eigenvalue weighted by atomic mass is 10.3. The number of nitrogens with zero attached hydrogens (tertiary/aromatic N) is 1. The van der Waals surface area contributed by atoms with Crippen molar-refractivity contribution in [1.82, 2.24) is 9.29 Å². The average Bonchev–Trinajstić information content (AvgIpc) is 3.17. The summed E-state index contributed by atoms with van der Waals surface area (Å²) in [4.78, 5) is 13.6. The maximum absolute atomic E-state index is 12.5. The summed E-state index contributed by atoms with van der Waals surface area (Å²) in [6, 6.07) is 1.32. The Morgan fingerprint density at radius 1 is 1.47 bits per heavy atom. The molecule has 5 nitrogen and oxygen atoms in total. The van der Waals surface area contributed by atoms with Gasteiger partial charge in [0.25, 0.3) is 5.56 Å². The van der Waals surface area contributed by atoms with Gasteiger partial charge in [0, 0.05) is 18.8 Å². The summed E-state index contributed by atoms with van der Waals surface area (Å²) in [6.07, 6.45) is 4.78. The van der Waals surface area contributed by atoms with Gasteiger partial charge in [0.15, 0.2) is 0 Å². The standard InChI is InChI=1S/C12H17ClN2O3S/c1-2-3-6-15(9-4-5-9)19(17,18)10-7-11(13)12(16)14-8-10/h7-9H,2-6H2,1H3,(H,14,16). The second kappa shape index (κ2) is 5.64. The first kappa shape index (κ1) is 14.6. The van der Waals surface area contributed by atoms with Crippen molar-refractivity contribution in [2.75, 3.05) is 6.54 Å². The first-order valence-electron chi connectivity index (χ1n) is 6.37. The van der Waals surface area contributed by atoms with Crippen LogP contribution in [0.25, 0.3) is 0 Å². The molecule has 0 aromatic carbocycles. The van der Waals surface area contributed by atoms with Crippen LogP contribution in [0.2, 0.25) is 5.02 Å².